The number of nitrogens with zero attached hydrogens (tertiary/aromatic N) is 2. The number of esters is 1. The van der Waals surface area contributed by atoms with Crippen LogP contribution in [0.2, 0.25) is 0 Å². The van der Waals surface area contributed by atoms with E-state index in [4.69, 9.17) is 9.47 Å². The molecule has 10 heteroatoms. The zero-order chi connectivity index (χ0) is 24.6. The molecule has 0 radical (unpaired) electrons. The first-order valence-corrected chi connectivity index (χ1v) is 10.8. The maximum Gasteiger partial charge on any atom is 0.350 e. The van der Waals surface area contributed by atoms with Gasteiger partial charge in [-0.05, 0) is 48.9 Å². The number of aromatic nitrogens is 1. The third-order valence-electron chi connectivity index (χ3n) is 5.33. The normalized spacial score (nSPS) is 17.2. The van der Waals surface area contributed by atoms with Crippen LogP contribution in [0.4, 0.5) is 9.52 Å². The van der Waals surface area contributed by atoms with Crippen molar-refractivity contribution in [3.05, 3.63) is 81.6 Å². The number of hydrogen-bond acceptors (Lipinski definition) is 8. The average molecular weight is 482 g/mol. The van der Waals surface area contributed by atoms with Crippen molar-refractivity contribution in [3.8, 4) is 5.75 Å². The van der Waals surface area contributed by atoms with Crippen LogP contribution in [0.25, 0.3) is 5.76 Å². The van der Waals surface area contributed by atoms with E-state index in [1.165, 1.54) is 26.4 Å². The van der Waals surface area contributed by atoms with E-state index in [1.54, 1.807) is 31.2 Å². The number of aliphatic hydroxyl groups is 1. The molecule has 1 aliphatic heterocycles. The smallest absolute Gasteiger partial charge is 0.350 e. The molecule has 0 spiro atoms. The Morgan fingerprint density at radius 3 is 2.50 bits per heavy atom. The van der Waals surface area contributed by atoms with Gasteiger partial charge in [-0.1, -0.05) is 23.5 Å². The molecule has 1 amide bonds. The molecule has 0 bridgehead atoms. The second-order valence-corrected chi connectivity index (χ2v) is 8.33. The molecule has 1 aliphatic rings. The molecule has 174 valence electrons. The molecular weight excluding hydrogens is 463 g/mol. The number of methoxy groups -OCH3 is 2. The fraction of sp³-hybridized carbons (Fsp3) is 0.167. The Bertz CT molecular complexity index is 1330. The largest absolute Gasteiger partial charge is 0.507 e. The molecule has 8 nitrogen and oxygen atoms in total. The van der Waals surface area contributed by atoms with Crippen molar-refractivity contribution in [1.82, 2.24) is 4.98 Å². The van der Waals surface area contributed by atoms with Crippen LogP contribution in [0.3, 0.4) is 0 Å². The van der Waals surface area contributed by atoms with Gasteiger partial charge in [0, 0.05) is 5.56 Å². The maximum absolute atomic E-state index is 13.4. The lowest BCUT2D eigenvalue weighted by Crippen LogP contribution is -2.29. The molecule has 2 heterocycles. The Hall–Kier alpha value is -4.05. The number of thiazole rings is 1. The summed E-state index contributed by atoms with van der Waals surface area (Å²) in [5.41, 5.74) is 0.765. The highest BCUT2D eigenvalue weighted by Gasteiger charge is 2.48. The van der Waals surface area contributed by atoms with Crippen LogP contribution in [-0.2, 0) is 14.3 Å². The molecule has 3 aromatic rings. The summed E-state index contributed by atoms with van der Waals surface area (Å²) in [7, 11) is 2.70. The summed E-state index contributed by atoms with van der Waals surface area (Å²) < 4.78 is 23.5. The molecule has 4 rings (SSSR count). The summed E-state index contributed by atoms with van der Waals surface area (Å²) in [6.07, 6.45) is 0. The summed E-state index contributed by atoms with van der Waals surface area (Å²) in [6.45, 7) is 1.59. The number of aliphatic hydroxyl groups excluding tert-OH is 1. The lowest BCUT2D eigenvalue weighted by molar-refractivity contribution is -0.132. The van der Waals surface area contributed by atoms with Gasteiger partial charge in [0.25, 0.3) is 5.78 Å². The van der Waals surface area contributed by atoms with Crippen LogP contribution in [0.1, 0.15) is 32.5 Å². The van der Waals surface area contributed by atoms with E-state index in [0.29, 0.717) is 17.0 Å². The fourth-order valence-electron chi connectivity index (χ4n) is 3.69. The van der Waals surface area contributed by atoms with Gasteiger partial charge in [0.15, 0.2) is 5.13 Å². The van der Waals surface area contributed by atoms with Gasteiger partial charge < -0.3 is 14.6 Å². The predicted octanol–water partition coefficient (Wildman–Crippen LogP) is 4.01. The van der Waals surface area contributed by atoms with E-state index in [1.807, 2.05) is 0 Å². The van der Waals surface area contributed by atoms with E-state index < -0.39 is 35.3 Å². The molecule has 0 unspecified atom stereocenters. The van der Waals surface area contributed by atoms with Crippen molar-refractivity contribution in [1.29, 1.82) is 0 Å². The van der Waals surface area contributed by atoms with Gasteiger partial charge in [-0.25, -0.2) is 14.2 Å². The van der Waals surface area contributed by atoms with Crippen molar-refractivity contribution in [2.24, 2.45) is 0 Å². The van der Waals surface area contributed by atoms with E-state index >= 15 is 0 Å². The highest BCUT2D eigenvalue weighted by molar-refractivity contribution is 7.17. The summed E-state index contributed by atoms with van der Waals surface area (Å²) >= 11 is 0.897. The lowest BCUT2D eigenvalue weighted by atomic mass is 9.95. The zero-order valence-corrected chi connectivity index (χ0v) is 19.2. The minimum atomic E-state index is -1.07. The number of benzene rings is 2. The first kappa shape index (κ1) is 23.1. The minimum Gasteiger partial charge on any atom is -0.507 e. The number of amides is 1. The predicted molar refractivity (Wildman–Crippen MR) is 122 cm³/mol. The van der Waals surface area contributed by atoms with Gasteiger partial charge in [0.05, 0.1) is 31.5 Å². The molecule has 0 aliphatic carbocycles. The molecule has 1 N–H and O–H groups in total. The van der Waals surface area contributed by atoms with E-state index in [0.717, 1.165) is 28.4 Å². The van der Waals surface area contributed by atoms with Crippen molar-refractivity contribution >= 4 is 39.9 Å². The number of halogens is 1. The number of carbonyl (C=O) groups excluding carboxylic acids is 3. The number of ketones is 1. The van der Waals surface area contributed by atoms with Crippen LogP contribution < -0.4 is 9.64 Å². The molecule has 0 saturated carbocycles. The van der Waals surface area contributed by atoms with Gasteiger partial charge >= 0.3 is 11.9 Å². The van der Waals surface area contributed by atoms with Gasteiger partial charge in [0.1, 0.15) is 22.2 Å². The first-order valence-electron chi connectivity index (χ1n) is 10.0. The first-order chi connectivity index (χ1) is 16.3. The van der Waals surface area contributed by atoms with Gasteiger partial charge in [-0.15, -0.1) is 0 Å². The van der Waals surface area contributed by atoms with Crippen molar-refractivity contribution in [2.75, 3.05) is 19.1 Å². The van der Waals surface area contributed by atoms with E-state index in [9.17, 15) is 23.9 Å². The number of Topliss-reactive ketones (excluding diaryl/α,β-unsaturated/α-hetero) is 1. The SMILES string of the molecule is COC(=O)c1sc(N2C(=O)C(=O)C(=C(O)c3ccc(F)cc3)[C@H]2c2cccc(OC)c2)nc1C. The van der Waals surface area contributed by atoms with Crippen LogP contribution in [-0.4, -0.2) is 42.0 Å². The summed E-state index contributed by atoms with van der Waals surface area (Å²) in [5.74, 6) is -3.01. The molecular formula is C24H19FN2O6S. The quantitative estimate of drug-likeness (QED) is 0.253. The average Bonchev–Trinajstić information content (AvgIpc) is 3.35. The number of ether oxygens (including phenoxy) is 2. The van der Waals surface area contributed by atoms with E-state index in [2.05, 4.69) is 4.98 Å². The second-order valence-electron chi connectivity index (χ2n) is 7.36. The number of carbonyl (C=O) groups is 3. The van der Waals surface area contributed by atoms with Crippen LogP contribution in [0.5, 0.6) is 5.75 Å². The molecule has 34 heavy (non-hydrogen) atoms. The minimum absolute atomic E-state index is 0.0889. The van der Waals surface area contributed by atoms with Crippen molar-refractivity contribution in [3.63, 3.8) is 0 Å². The van der Waals surface area contributed by atoms with Gasteiger partial charge in [-0.2, -0.15) is 0 Å². The summed E-state index contributed by atoms with van der Waals surface area (Å²) in [6, 6.07) is 10.5. The number of anilines is 1. The Morgan fingerprint density at radius 1 is 1.15 bits per heavy atom. The van der Waals surface area contributed by atoms with E-state index in [-0.39, 0.29) is 21.1 Å². The Morgan fingerprint density at radius 2 is 1.85 bits per heavy atom. The lowest BCUT2D eigenvalue weighted by Gasteiger charge is -2.23. The molecule has 1 saturated heterocycles. The van der Waals surface area contributed by atoms with Crippen LogP contribution >= 0.6 is 11.3 Å². The molecule has 1 fully saturated rings. The van der Waals surface area contributed by atoms with Crippen molar-refractivity contribution < 1.29 is 33.4 Å². The Labute approximate surface area is 197 Å². The molecule has 1 aromatic heterocycles. The third-order valence-corrected chi connectivity index (χ3v) is 6.47. The van der Waals surface area contributed by atoms with Crippen molar-refractivity contribution in [2.45, 2.75) is 13.0 Å². The monoisotopic (exact) mass is 482 g/mol. The molecule has 2 aromatic carbocycles. The number of rotatable bonds is 5. The highest BCUT2D eigenvalue weighted by atomic mass is 32.1. The standard InChI is InChI=1S/C24H19FN2O6S/c1-12-21(23(31)33-3)34-24(26-12)27-18(14-5-4-6-16(11-14)32-2)17(20(29)22(27)30)19(28)13-7-9-15(25)10-8-13/h4-11,18,28H,1-3H3/t18-/m1/s1. The Balaban J connectivity index is 1.95. The fourth-order valence-corrected chi connectivity index (χ4v) is 4.70. The summed E-state index contributed by atoms with van der Waals surface area (Å²) in [5, 5.41) is 11.1. The topological polar surface area (TPSA) is 106 Å². The third kappa shape index (κ3) is 3.92. The van der Waals surface area contributed by atoms with Gasteiger partial charge in [-0.3, -0.25) is 14.5 Å². The second kappa shape index (κ2) is 9.06. The van der Waals surface area contributed by atoms with Crippen LogP contribution in [0.15, 0.2) is 54.1 Å². The summed E-state index contributed by atoms with van der Waals surface area (Å²) in [4.78, 5) is 44.1. The molecule has 1 atom stereocenters. The van der Waals surface area contributed by atoms with Gasteiger partial charge in [0.2, 0.25) is 0 Å². The maximum atomic E-state index is 13.4. The Kier molecular flexibility index (Phi) is 6.16. The highest BCUT2D eigenvalue weighted by Crippen LogP contribution is 2.44. The van der Waals surface area contributed by atoms with Crippen LogP contribution in [0, 0.1) is 12.7 Å². The zero-order valence-electron chi connectivity index (χ0n) is 18.4. The number of hydrogen-bond donors (Lipinski definition) is 1. The number of aryl methyl sites for hydroxylation is 1.